The molecule has 1 N–H and O–H groups in total. The number of carbonyl (C=O) groups excluding carboxylic acids is 2. The second kappa shape index (κ2) is 14.9. The van der Waals surface area contributed by atoms with Gasteiger partial charge in [-0.2, -0.15) is 5.10 Å². The lowest BCUT2D eigenvalue weighted by Crippen LogP contribution is -2.42. The molecule has 11 heteroatoms. The van der Waals surface area contributed by atoms with E-state index in [-0.39, 0.29) is 23.6 Å². The molecule has 1 atom stereocenters. The maximum absolute atomic E-state index is 14.7. The highest BCUT2D eigenvalue weighted by atomic mass is 35.5. The quantitative estimate of drug-likeness (QED) is 0.165. The van der Waals surface area contributed by atoms with Crippen molar-refractivity contribution in [2.75, 3.05) is 38.8 Å². The fourth-order valence-corrected chi connectivity index (χ4v) is 6.82. The second-order valence-corrected chi connectivity index (χ2v) is 13.4. The van der Waals surface area contributed by atoms with Crippen LogP contribution in [0.25, 0.3) is 11.3 Å². The number of benzene rings is 3. The predicted molar refractivity (Wildman–Crippen MR) is 196 cm³/mol. The first-order valence-electron chi connectivity index (χ1n) is 16.7. The van der Waals surface area contributed by atoms with E-state index in [1.54, 1.807) is 72.5 Å². The monoisotopic (exact) mass is 694 g/mol. The Labute approximate surface area is 298 Å². The number of fused-ring (bicyclic) bond motifs is 1. The summed E-state index contributed by atoms with van der Waals surface area (Å²) in [6, 6.07) is 22.0. The van der Waals surface area contributed by atoms with Gasteiger partial charge in [-0.1, -0.05) is 35.9 Å². The first-order chi connectivity index (χ1) is 24.0. The topological polar surface area (TPSA) is 96.1 Å². The van der Waals surface area contributed by atoms with Gasteiger partial charge in [-0.15, -0.1) is 0 Å². The molecule has 260 valence electrons. The normalized spacial score (nSPS) is 14.2. The van der Waals surface area contributed by atoms with Crippen molar-refractivity contribution in [1.82, 2.24) is 24.1 Å². The Balaban J connectivity index is 1.46. The number of anilines is 2. The molecule has 1 aliphatic heterocycles. The summed E-state index contributed by atoms with van der Waals surface area (Å²) in [4.78, 5) is 34.9. The number of methoxy groups -OCH3 is 1. The summed E-state index contributed by atoms with van der Waals surface area (Å²) in [5, 5.41) is 14.8. The average Bonchev–Trinajstić information content (AvgIpc) is 3.68. The Morgan fingerprint density at radius 2 is 1.74 bits per heavy atom. The number of carbonyl (C=O) groups is 2. The summed E-state index contributed by atoms with van der Waals surface area (Å²) in [7, 11) is 5.51. The fourth-order valence-electron chi connectivity index (χ4n) is 6.65. The van der Waals surface area contributed by atoms with Crippen LogP contribution < -0.4 is 4.90 Å². The minimum absolute atomic E-state index is 0.000581. The third kappa shape index (κ3) is 7.19. The summed E-state index contributed by atoms with van der Waals surface area (Å²) in [5.74, 6) is -0.264. The number of rotatable bonds is 11. The number of nitrogens with zero attached hydrogens (tertiary/aromatic N) is 6. The van der Waals surface area contributed by atoms with Gasteiger partial charge in [0.25, 0.3) is 11.8 Å². The van der Waals surface area contributed by atoms with Crippen molar-refractivity contribution in [2.45, 2.75) is 39.4 Å². The lowest BCUT2D eigenvalue weighted by atomic mass is 9.93. The number of hydrogen-bond donors (Lipinski definition) is 1. The number of aromatic nitrogens is 3. The van der Waals surface area contributed by atoms with E-state index in [0.717, 1.165) is 29.9 Å². The van der Waals surface area contributed by atoms with E-state index < -0.39 is 0 Å². The molecular formula is C39H43ClN6O4. The SMILES string of the molecule is COCCN(C)CCn1c(-c2cc(Cl)ccc2C(=O)N2Cc3ccccc3C[C@H]2C)cc(C(=O)N(c2ccc(O)cc2)c2cnn(C)c2)c1C. The molecule has 0 unspecified atom stereocenters. The first kappa shape index (κ1) is 34.9. The van der Waals surface area contributed by atoms with Crippen LogP contribution >= 0.6 is 11.6 Å². The van der Waals surface area contributed by atoms with Crippen LogP contribution in [-0.4, -0.2) is 81.0 Å². The van der Waals surface area contributed by atoms with Crippen molar-refractivity contribution in [1.29, 1.82) is 0 Å². The van der Waals surface area contributed by atoms with E-state index in [1.807, 2.05) is 43.1 Å². The molecule has 3 aromatic carbocycles. The molecular weight excluding hydrogens is 652 g/mol. The van der Waals surface area contributed by atoms with Crippen LogP contribution in [0.5, 0.6) is 5.75 Å². The van der Waals surface area contributed by atoms with Crippen molar-refractivity contribution in [3.8, 4) is 17.0 Å². The number of halogens is 1. The van der Waals surface area contributed by atoms with Crippen LogP contribution in [0, 0.1) is 6.92 Å². The zero-order valence-corrected chi connectivity index (χ0v) is 29.9. The minimum Gasteiger partial charge on any atom is -0.508 e. The van der Waals surface area contributed by atoms with Crippen LogP contribution in [-0.2, 0) is 31.3 Å². The van der Waals surface area contributed by atoms with E-state index in [4.69, 9.17) is 16.3 Å². The summed E-state index contributed by atoms with van der Waals surface area (Å²) in [6.07, 6.45) is 4.18. The zero-order chi connectivity index (χ0) is 35.5. The van der Waals surface area contributed by atoms with E-state index in [0.29, 0.717) is 59.3 Å². The zero-order valence-electron chi connectivity index (χ0n) is 29.1. The molecule has 0 saturated heterocycles. The van der Waals surface area contributed by atoms with Gasteiger partial charge in [-0.25, -0.2) is 0 Å². The lowest BCUT2D eigenvalue weighted by Gasteiger charge is -2.35. The number of likely N-dealkylation sites (N-methyl/N-ethyl adjacent to an activating group) is 1. The molecule has 3 heterocycles. The molecule has 5 aromatic rings. The van der Waals surface area contributed by atoms with Gasteiger partial charge in [0.2, 0.25) is 0 Å². The molecule has 2 aromatic heterocycles. The van der Waals surface area contributed by atoms with Gasteiger partial charge in [-0.05, 0) is 87.0 Å². The highest BCUT2D eigenvalue weighted by Crippen LogP contribution is 2.36. The van der Waals surface area contributed by atoms with Crippen molar-refractivity contribution in [2.24, 2.45) is 7.05 Å². The Morgan fingerprint density at radius 1 is 1.00 bits per heavy atom. The third-order valence-electron chi connectivity index (χ3n) is 9.50. The number of phenols is 1. The Hall–Kier alpha value is -4.90. The highest BCUT2D eigenvalue weighted by molar-refractivity contribution is 6.31. The second-order valence-electron chi connectivity index (χ2n) is 13.0. The molecule has 1 aliphatic rings. The van der Waals surface area contributed by atoms with Crippen molar-refractivity contribution in [3.63, 3.8) is 0 Å². The smallest absolute Gasteiger partial charge is 0.264 e. The summed E-state index contributed by atoms with van der Waals surface area (Å²) >= 11 is 6.66. The van der Waals surface area contributed by atoms with Crippen LogP contribution in [0.2, 0.25) is 5.02 Å². The lowest BCUT2D eigenvalue weighted by molar-refractivity contribution is 0.0659. The van der Waals surface area contributed by atoms with E-state index >= 15 is 0 Å². The van der Waals surface area contributed by atoms with Crippen LogP contribution in [0.1, 0.15) is 44.5 Å². The van der Waals surface area contributed by atoms with Crippen LogP contribution in [0.15, 0.2) is 85.2 Å². The fraction of sp³-hybridized carbons (Fsp3) is 0.308. The number of phenolic OH excluding ortho intramolecular Hbond substituents is 1. The van der Waals surface area contributed by atoms with E-state index in [9.17, 15) is 14.7 Å². The summed E-state index contributed by atoms with van der Waals surface area (Å²) in [5.41, 5.74) is 6.68. The van der Waals surface area contributed by atoms with Crippen molar-refractivity contribution in [3.05, 3.63) is 118 Å². The van der Waals surface area contributed by atoms with E-state index in [2.05, 4.69) is 33.6 Å². The standard InChI is InChI=1S/C39H43ClN6O4/c1-26-20-28-8-6-7-9-29(28)24-45(26)38(48)34-15-10-30(40)21-36(34)37-22-35(27(2)44(37)17-16-42(3)18-19-50-5)39(49)46(32-23-41-43(4)25-32)31-11-13-33(47)14-12-31/h6-15,21-23,25-26,47H,16-20,24H2,1-5H3/t26-/m1/s1. The highest BCUT2D eigenvalue weighted by Gasteiger charge is 2.31. The molecule has 50 heavy (non-hydrogen) atoms. The molecule has 6 rings (SSSR count). The molecule has 0 spiro atoms. The van der Waals surface area contributed by atoms with Crippen molar-refractivity contribution >= 4 is 34.8 Å². The van der Waals surface area contributed by atoms with Gasteiger partial charge < -0.3 is 24.2 Å². The Bertz CT molecular complexity index is 2000. The molecule has 2 amide bonds. The molecule has 0 radical (unpaired) electrons. The number of aryl methyl sites for hydroxylation is 1. The molecule has 0 saturated carbocycles. The number of aromatic hydroxyl groups is 1. The molecule has 0 bridgehead atoms. The molecule has 10 nitrogen and oxygen atoms in total. The molecule has 0 aliphatic carbocycles. The Kier molecular flexibility index (Phi) is 10.4. The number of hydrogen-bond acceptors (Lipinski definition) is 6. The first-order valence-corrected chi connectivity index (χ1v) is 17.1. The number of ether oxygens (including phenoxy) is 1. The van der Waals surface area contributed by atoms with Gasteiger partial charge in [0.15, 0.2) is 0 Å². The number of amides is 2. The summed E-state index contributed by atoms with van der Waals surface area (Å²) in [6.45, 7) is 7.08. The minimum atomic E-state index is -0.273. The van der Waals surface area contributed by atoms with E-state index in [1.165, 1.54) is 5.56 Å². The third-order valence-corrected chi connectivity index (χ3v) is 9.73. The summed E-state index contributed by atoms with van der Waals surface area (Å²) < 4.78 is 9.04. The van der Waals surface area contributed by atoms with Gasteiger partial charge in [0.05, 0.1) is 24.1 Å². The van der Waals surface area contributed by atoms with Crippen LogP contribution in [0.4, 0.5) is 11.4 Å². The molecule has 0 fully saturated rings. The average molecular weight is 695 g/mol. The van der Waals surface area contributed by atoms with Crippen LogP contribution in [0.3, 0.4) is 0 Å². The van der Waals surface area contributed by atoms with Gasteiger partial charge in [-0.3, -0.25) is 19.2 Å². The van der Waals surface area contributed by atoms with Gasteiger partial charge in [0.1, 0.15) is 5.75 Å². The predicted octanol–water partition coefficient (Wildman–Crippen LogP) is 6.70. The largest absolute Gasteiger partial charge is 0.508 e. The van der Waals surface area contributed by atoms with Crippen molar-refractivity contribution < 1.29 is 19.4 Å². The maximum Gasteiger partial charge on any atom is 0.264 e. The Morgan fingerprint density at radius 3 is 2.44 bits per heavy atom. The maximum atomic E-state index is 14.7. The van der Waals surface area contributed by atoms with Gasteiger partial charge in [0, 0.05) is 85.8 Å². The van der Waals surface area contributed by atoms with Gasteiger partial charge >= 0.3 is 0 Å².